The number of methoxy groups -OCH3 is 1. The van der Waals surface area contributed by atoms with Crippen LogP contribution in [0, 0.1) is 11.3 Å². The van der Waals surface area contributed by atoms with Crippen molar-refractivity contribution in [1.82, 2.24) is 10.6 Å². The first-order valence-corrected chi connectivity index (χ1v) is 7.27. The topological polar surface area (TPSA) is 87.7 Å². The molecular weight excluding hydrogens is 260 g/mol. The summed E-state index contributed by atoms with van der Waals surface area (Å²) >= 11 is 0. The molecule has 0 spiro atoms. The van der Waals surface area contributed by atoms with Crippen molar-refractivity contribution < 1.29 is 19.4 Å². The van der Waals surface area contributed by atoms with Gasteiger partial charge < -0.3 is 20.5 Å². The number of carboxylic acids is 1. The summed E-state index contributed by atoms with van der Waals surface area (Å²) < 4.78 is 5.31. The van der Waals surface area contributed by atoms with Gasteiger partial charge in [0.2, 0.25) is 0 Å². The number of hydrogen-bond donors (Lipinski definition) is 3. The van der Waals surface area contributed by atoms with Crippen LogP contribution in [-0.2, 0) is 9.53 Å². The number of ether oxygens (including phenoxy) is 1. The lowest BCUT2D eigenvalue weighted by molar-refractivity contribution is -0.149. The minimum absolute atomic E-state index is 0.0577. The van der Waals surface area contributed by atoms with Gasteiger partial charge in [0.1, 0.15) is 0 Å². The Hall–Kier alpha value is -1.30. The number of nitrogens with one attached hydrogen (secondary N) is 2. The van der Waals surface area contributed by atoms with E-state index in [1.165, 1.54) is 0 Å². The highest BCUT2D eigenvalue weighted by molar-refractivity contribution is 5.78. The van der Waals surface area contributed by atoms with Crippen LogP contribution in [0.2, 0.25) is 0 Å². The third-order valence-corrected chi connectivity index (χ3v) is 4.31. The van der Waals surface area contributed by atoms with E-state index in [9.17, 15) is 14.7 Å². The number of amides is 2. The molecule has 1 fully saturated rings. The van der Waals surface area contributed by atoms with E-state index in [1.807, 2.05) is 13.8 Å². The van der Waals surface area contributed by atoms with Gasteiger partial charge in [-0.15, -0.1) is 0 Å². The van der Waals surface area contributed by atoms with Crippen LogP contribution in [0.25, 0.3) is 0 Å². The third kappa shape index (κ3) is 4.37. The van der Waals surface area contributed by atoms with E-state index in [1.54, 1.807) is 7.11 Å². The molecule has 1 saturated carbocycles. The van der Waals surface area contributed by atoms with Crippen molar-refractivity contribution in [3.8, 4) is 0 Å². The molecule has 1 rings (SSSR count). The Morgan fingerprint density at radius 3 is 2.30 bits per heavy atom. The van der Waals surface area contributed by atoms with E-state index in [4.69, 9.17) is 4.74 Å². The molecule has 20 heavy (non-hydrogen) atoms. The van der Waals surface area contributed by atoms with E-state index >= 15 is 0 Å². The summed E-state index contributed by atoms with van der Waals surface area (Å²) in [4.78, 5) is 23.1. The predicted octanol–water partition coefficient (Wildman–Crippen LogP) is 1.60. The molecule has 1 aliphatic rings. The van der Waals surface area contributed by atoms with Crippen molar-refractivity contribution in [1.29, 1.82) is 0 Å². The zero-order valence-corrected chi connectivity index (χ0v) is 12.6. The van der Waals surface area contributed by atoms with E-state index < -0.39 is 11.4 Å². The molecule has 3 N–H and O–H groups in total. The zero-order chi connectivity index (χ0) is 15.2. The molecule has 116 valence electrons. The molecular formula is C14H26N2O4. The number of carbonyl (C=O) groups is 2. The molecule has 0 aliphatic heterocycles. The molecule has 1 unspecified atom stereocenters. The van der Waals surface area contributed by atoms with Crippen LogP contribution in [0.3, 0.4) is 0 Å². The predicted molar refractivity (Wildman–Crippen MR) is 75.6 cm³/mol. The van der Waals surface area contributed by atoms with Crippen molar-refractivity contribution in [2.45, 2.75) is 45.6 Å². The summed E-state index contributed by atoms with van der Waals surface area (Å²) in [5, 5.41) is 14.7. The van der Waals surface area contributed by atoms with Gasteiger partial charge in [0.15, 0.2) is 0 Å². The molecule has 6 heteroatoms. The fourth-order valence-electron chi connectivity index (χ4n) is 2.29. The molecule has 0 radical (unpaired) electrons. The van der Waals surface area contributed by atoms with Crippen molar-refractivity contribution in [2.24, 2.45) is 11.3 Å². The minimum Gasteiger partial charge on any atom is -0.481 e. The molecule has 1 atom stereocenters. The molecule has 0 bridgehead atoms. The van der Waals surface area contributed by atoms with Crippen molar-refractivity contribution in [3.63, 3.8) is 0 Å². The minimum atomic E-state index is -0.880. The number of carboxylic acid groups (broad SMARTS) is 1. The van der Waals surface area contributed by atoms with Gasteiger partial charge in [0, 0.05) is 20.2 Å². The second-order valence-corrected chi connectivity index (χ2v) is 5.47. The van der Waals surface area contributed by atoms with E-state index in [0.29, 0.717) is 25.3 Å². The van der Waals surface area contributed by atoms with Gasteiger partial charge in [-0.2, -0.15) is 0 Å². The fourth-order valence-corrected chi connectivity index (χ4v) is 2.29. The van der Waals surface area contributed by atoms with Gasteiger partial charge in [0.25, 0.3) is 0 Å². The first-order chi connectivity index (χ1) is 9.49. The third-order valence-electron chi connectivity index (χ3n) is 4.31. The van der Waals surface area contributed by atoms with Crippen LogP contribution in [-0.4, -0.2) is 43.4 Å². The average Bonchev–Trinajstić information content (AvgIpc) is 3.25. The highest BCUT2D eigenvalue weighted by atomic mass is 16.5. The van der Waals surface area contributed by atoms with Crippen LogP contribution in [0.15, 0.2) is 0 Å². The standard InChI is InChI=1S/C14H26N2O4/c1-4-14(5-2,12(17)18)9-16-13(19)15-8-11(20-3)10-6-7-10/h10-11H,4-9H2,1-3H3,(H,17,18)(H2,15,16,19). The summed E-state index contributed by atoms with van der Waals surface area (Å²) in [6.45, 7) is 4.25. The smallest absolute Gasteiger partial charge is 0.314 e. The van der Waals surface area contributed by atoms with Gasteiger partial charge in [-0.25, -0.2) is 4.79 Å². The maximum absolute atomic E-state index is 11.7. The SMILES string of the molecule is CCC(CC)(CNC(=O)NCC(OC)C1CC1)C(=O)O. The summed E-state index contributed by atoms with van der Waals surface area (Å²) in [5.74, 6) is -0.319. The first kappa shape index (κ1) is 16.8. The molecule has 2 amide bonds. The molecule has 0 aromatic carbocycles. The highest BCUT2D eigenvalue weighted by Crippen LogP contribution is 2.33. The van der Waals surface area contributed by atoms with Gasteiger partial charge >= 0.3 is 12.0 Å². The zero-order valence-electron chi connectivity index (χ0n) is 12.6. The van der Waals surface area contributed by atoms with Crippen LogP contribution < -0.4 is 10.6 Å². The van der Waals surface area contributed by atoms with E-state index in [-0.39, 0.29) is 18.7 Å². The summed E-state index contributed by atoms with van der Waals surface area (Å²) in [5.41, 5.74) is -0.880. The second-order valence-electron chi connectivity index (χ2n) is 5.47. The highest BCUT2D eigenvalue weighted by Gasteiger charge is 2.35. The largest absolute Gasteiger partial charge is 0.481 e. The Morgan fingerprint density at radius 1 is 1.30 bits per heavy atom. The average molecular weight is 286 g/mol. The van der Waals surface area contributed by atoms with Gasteiger partial charge in [-0.1, -0.05) is 13.8 Å². The van der Waals surface area contributed by atoms with Gasteiger partial charge in [-0.3, -0.25) is 4.79 Å². The Kier molecular flexibility index (Phi) is 6.26. The van der Waals surface area contributed by atoms with Crippen LogP contribution in [0.4, 0.5) is 4.79 Å². The summed E-state index contributed by atoms with van der Waals surface area (Å²) in [6, 6.07) is -0.333. The summed E-state index contributed by atoms with van der Waals surface area (Å²) in [7, 11) is 1.65. The maximum atomic E-state index is 11.7. The van der Waals surface area contributed by atoms with Crippen molar-refractivity contribution >= 4 is 12.0 Å². The number of carbonyl (C=O) groups excluding carboxylic acids is 1. The number of aliphatic carboxylic acids is 1. The molecule has 0 aromatic rings. The monoisotopic (exact) mass is 286 g/mol. The number of urea groups is 1. The molecule has 6 nitrogen and oxygen atoms in total. The second kappa shape index (κ2) is 7.47. The number of rotatable bonds is 9. The van der Waals surface area contributed by atoms with Crippen LogP contribution >= 0.6 is 0 Å². The van der Waals surface area contributed by atoms with E-state index in [2.05, 4.69) is 10.6 Å². The molecule has 0 aromatic heterocycles. The number of hydrogen-bond acceptors (Lipinski definition) is 3. The molecule has 0 heterocycles. The Bertz CT molecular complexity index is 338. The fraction of sp³-hybridized carbons (Fsp3) is 0.857. The van der Waals surface area contributed by atoms with E-state index in [0.717, 1.165) is 12.8 Å². The first-order valence-electron chi connectivity index (χ1n) is 7.27. The summed E-state index contributed by atoms with van der Waals surface area (Å²) in [6.07, 6.45) is 3.33. The lowest BCUT2D eigenvalue weighted by Crippen LogP contribution is -2.47. The Morgan fingerprint density at radius 2 is 1.90 bits per heavy atom. The van der Waals surface area contributed by atoms with Crippen LogP contribution in [0.1, 0.15) is 39.5 Å². The van der Waals surface area contributed by atoms with Crippen molar-refractivity contribution in [3.05, 3.63) is 0 Å². The molecule has 0 saturated heterocycles. The van der Waals surface area contributed by atoms with Gasteiger partial charge in [-0.05, 0) is 31.6 Å². The quantitative estimate of drug-likeness (QED) is 0.601. The normalized spacial score (nSPS) is 16.6. The van der Waals surface area contributed by atoms with Crippen LogP contribution in [0.5, 0.6) is 0 Å². The lowest BCUT2D eigenvalue weighted by atomic mass is 9.82. The lowest BCUT2D eigenvalue weighted by Gasteiger charge is -2.27. The molecule has 1 aliphatic carbocycles. The van der Waals surface area contributed by atoms with Gasteiger partial charge in [0.05, 0.1) is 11.5 Å². The maximum Gasteiger partial charge on any atom is 0.314 e. The Labute approximate surface area is 120 Å². The van der Waals surface area contributed by atoms with Crippen molar-refractivity contribution in [2.75, 3.05) is 20.2 Å². The Balaban J connectivity index is 2.35.